The van der Waals surface area contributed by atoms with Crippen molar-refractivity contribution in [2.24, 2.45) is 0 Å². The van der Waals surface area contributed by atoms with Crippen LogP contribution in [0.15, 0.2) is 0 Å². The van der Waals surface area contributed by atoms with Crippen LogP contribution in [0.2, 0.25) is 0 Å². The summed E-state index contributed by atoms with van der Waals surface area (Å²) in [5.74, 6) is -0.0330. The summed E-state index contributed by atoms with van der Waals surface area (Å²) in [6.07, 6.45) is 0.806. The van der Waals surface area contributed by atoms with Crippen molar-refractivity contribution in [2.75, 3.05) is 18.2 Å². The Kier molecular flexibility index (Phi) is 7.17. The van der Waals surface area contributed by atoms with Crippen LogP contribution in [-0.2, 0) is 4.79 Å². The molecule has 0 saturated heterocycles. The predicted octanol–water partition coefficient (Wildman–Crippen LogP) is 2.37. The van der Waals surface area contributed by atoms with Crippen LogP contribution in [0.1, 0.15) is 12.8 Å². The van der Waals surface area contributed by atoms with Crippen molar-refractivity contribution in [3.63, 3.8) is 0 Å². The second-order valence-corrected chi connectivity index (χ2v) is 3.97. The lowest BCUT2D eigenvalue weighted by Crippen LogP contribution is -2.26. The highest BCUT2D eigenvalue weighted by molar-refractivity contribution is 8.00. The van der Waals surface area contributed by atoms with E-state index in [9.17, 15) is 18.0 Å². The second kappa shape index (κ2) is 7.23. The minimum absolute atomic E-state index is 0.0330. The van der Waals surface area contributed by atoms with E-state index < -0.39 is 5.51 Å². The van der Waals surface area contributed by atoms with Gasteiger partial charge in [0.25, 0.3) is 0 Å². The van der Waals surface area contributed by atoms with Crippen molar-refractivity contribution in [3.05, 3.63) is 0 Å². The van der Waals surface area contributed by atoms with E-state index in [2.05, 4.69) is 5.32 Å². The molecule has 0 aromatic rings. The van der Waals surface area contributed by atoms with Crippen molar-refractivity contribution in [2.45, 2.75) is 18.3 Å². The molecule has 84 valence electrons. The quantitative estimate of drug-likeness (QED) is 0.578. The SMILES string of the molecule is O=C(CCCCl)NCCSC(F)(F)F. The Morgan fingerprint density at radius 2 is 2.07 bits per heavy atom. The van der Waals surface area contributed by atoms with Gasteiger partial charge < -0.3 is 5.32 Å². The zero-order chi connectivity index (χ0) is 11.0. The molecule has 1 N–H and O–H groups in total. The van der Waals surface area contributed by atoms with Gasteiger partial charge in [0.2, 0.25) is 5.91 Å². The number of hydrogen-bond donors (Lipinski definition) is 1. The smallest absolute Gasteiger partial charge is 0.355 e. The standard InChI is InChI=1S/C7H11ClF3NOS/c8-3-1-2-6(13)12-4-5-14-7(9,10)11/h1-5H2,(H,12,13). The number of nitrogens with one attached hydrogen (secondary N) is 1. The lowest BCUT2D eigenvalue weighted by atomic mass is 10.3. The van der Waals surface area contributed by atoms with Gasteiger partial charge in [-0.05, 0) is 18.2 Å². The largest absolute Gasteiger partial charge is 0.441 e. The topological polar surface area (TPSA) is 29.1 Å². The molecule has 0 aliphatic carbocycles. The normalized spacial score (nSPS) is 11.4. The fraction of sp³-hybridized carbons (Fsp3) is 0.857. The third kappa shape index (κ3) is 9.98. The van der Waals surface area contributed by atoms with E-state index in [1.807, 2.05) is 0 Å². The molecule has 0 heterocycles. The molecule has 0 unspecified atom stereocenters. The maximum atomic E-state index is 11.6. The fourth-order valence-electron chi connectivity index (χ4n) is 0.673. The summed E-state index contributed by atoms with van der Waals surface area (Å²) in [7, 11) is 0. The van der Waals surface area contributed by atoms with Crippen molar-refractivity contribution in [1.82, 2.24) is 5.32 Å². The highest BCUT2D eigenvalue weighted by atomic mass is 35.5. The minimum Gasteiger partial charge on any atom is -0.355 e. The second-order valence-electron chi connectivity index (χ2n) is 2.44. The van der Waals surface area contributed by atoms with Gasteiger partial charge in [0, 0.05) is 24.6 Å². The number of rotatable bonds is 6. The van der Waals surface area contributed by atoms with Crippen LogP contribution >= 0.6 is 23.4 Å². The van der Waals surface area contributed by atoms with E-state index in [-0.39, 0.29) is 36.4 Å². The van der Waals surface area contributed by atoms with Crippen LogP contribution < -0.4 is 5.32 Å². The van der Waals surface area contributed by atoms with Gasteiger partial charge in [-0.25, -0.2) is 0 Å². The van der Waals surface area contributed by atoms with Crippen molar-refractivity contribution in [3.8, 4) is 0 Å². The highest BCUT2D eigenvalue weighted by Gasteiger charge is 2.27. The third-order valence-corrected chi connectivity index (χ3v) is 2.23. The Morgan fingerprint density at radius 1 is 1.43 bits per heavy atom. The van der Waals surface area contributed by atoms with Crippen molar-refractivity contribution >= 4 is 29.3 Å². The molecule has 0 aromatic heterocycles. The number of carbonyl (C=O) groups is 1. The number of amides is 1. The van der Waals surface area contributed by atoms with E-state index in [0.717, 1.165) is 0 Å². The molecule has 0 aromatic carbocycles. The molecule has 0 atom stereocenters. The Bertz CT molecular complexity index is 177. The number of halogens is 4. The molecule has 0 rings (SSSR count). The summed E-state index contributed by atoms with van der Waals surface area (Å²) in [6.45, 7) is 0.0330. The molecule has 2 nitrogen and oxygen atoms in total. The lowest BCUT2D eigenvalue weighted by molar-refractivity contribution is -0.121. The summed E-state index contributed by atoms with van der Waals surface area (Å²) < 4.78 is 34.8. The third-order valence-electron chi connectivity index (χ3n) is 1.23. The van der Waals surface area contributed by atoms with E-state index in [0.29, 0.717) is 12.3 Å². The molecule has 0 aliphatic heterocycles. The summed E-state index contributed by atoms with van der Waals surface area (Å²) in [5.41, 5.74) is -4.22. The Balaban J connectivity index is 3.32. The summed E-state index contributed by atoms with van der Waals surface area (Å²) in [6, 6.07) is 0. The molecule has 14 heavy (non-hydrogen) atoms. The van der Waals surface area contributed by atoms with Crippen LogP contribution in [0.25, 0.3) is 0 Å². The van der Waals surface area contributed by atoms with Gasteiger partial charge in [0.15, 0.2) is 0 Å². The molecule has 0 radical (unpaired) electrons. The molecule has 7 heteroatoms. The molecule has 0 fully saturated rings. The Labute approximate surface area is 89.6 Å². The molecule has 1 amide bonds. The van der Waals surface area contributed by atoms with Gasteiger partial charge in [-0.15, -0.1) is 11.6 Å². The maximum Gasteiger partial charge on any atom is 0.441 e. The van der Waals surface area contributed by atoms with Gasteiger partial charge in [0.1, 0.15) is 0 Å². The minimum atomic E-state index is -4.22. The first-order valence-corrected chi connectivity index (χ1v) is 5.51. The molecule has 0 bridgehead atoms. The predicted molar refractivity (Wildman–Crippen MR) is 51.5 cm³/mol. The van der Waals surface area contributed by atoms with Gasteiger partial charge in [0.05, 0.1) is 0 Å². The van der Waals surface area contributed by atoms with Gasteiger partial charge in [-0.3, -0.25) is 4.79 Å². The number of hydrogen-bond acceptors (Lipinski definition) is 2. The zero-order valence-electron chi connectivity index (χ0n) is 7.36. The van der Waals surface area contributed by atoms with Crippen LogP contribution in [-0.4, -0.2) is 29.6 Å². The Hall–Kier alpha value is -0.100. The first-order valence-electron chi connectivity index (χ1n) is 3.99. The summed E-state index contributed by atoms with van der Waals surface area (Å²) in [4.78, 5) is 10.9. The van der Waals surface area contributed by atoms with Crippen LogP contribution in [0.5, 0.6) is 0 Å². The molecular formula is C7H11ClF3NOS. The summed E-state index contributed by atoms with van der Waals surface area (Å²) >= 11 is 5.19. The maximum absolute atomic E-state index is 11.6. The summed E-state index contributed by atoms with van der Waals surface area (Å²) in [5, 5.41) is 2.37. The van der Waals surface area contributed by atoms with Gasteiger partial charge in [-0.1, -0.05) is 0 Å². The van der Waals surface area contributed by atoms with Crippen LogP contribution in [0.4, 0.5) is 13.2 Å². The van der Waals surface area contributed by atoms with E-state index in [1.165, 1.54) is 0 Å². The Morgan fingerprint density at radius 3 is 2.57 bits per heavy atom. The van der Waals surface area contributed by atoms with Crippen LogP contribution in [0, 0.1) is 0 Å². The average Bonchev–Trinajstić information content (AvgIpc) is 2.07. The number of carbonyl (C=O) groups excluding carboxylic acids is 1. The lowest BCUT2D eigenvalue weighted by Gasteiger charge is -2.06. The molecule has 0 saturated carbocycles. The fourth-order valence-corrected chi connectivity index (χ4v) is 1.24. The van der Waals surface area contributed by atoms with Gasteiger partial charge in [-0.2, -0.15) is 13.2 Å². The molecular weight excluding hydrogens is 239 g/mol. The van der Waals surface area contributed by atoms with Crippen LogP contribution in [0.3, 0.4) is 0 Å². The first kappa shape index (κ1) is 13.9. The van der Waals surface area contributed by atoms with E-state index >= 15 is 0 Å². The molecule has 0 spiro atoms. The zero-order valence-corrected chi connectivity index (χ0v) is 8.94. The van der Waals surface area contributed by atoms with Crippen molar-refractivity contribution < 1.29 is 18.0 Å². The van der Waals surface area contributed by atoms with Crippen molar-refractivity contribution in [1.29, 1.82) is 0 Å². The number of alkyl halides is 4. The first-order chi connectivity index (χ1) is 6.45. The average molecular weight is 250 g/mol. The van der Waals surface area contributed by atoms with E-state index in [1.54, 1.807) is 0 Å². The molecule has 0 aliphatic rings. The van der Waals surface area contributed by atoms with E-state index in [4.69, 9.17) is 11.6 Å². The monoisotopic (exact) mass is 249 g/mol. The highest BCUT2D eigenvalue weighted by Crippen LogP contribution is 2.29. The number of thioether (sulfide) groups is 1. The van der Waals surface area contributed by atoms with Gasteiger partial charge >= 0.3 is 5.51 Å².